The monoisotopic (exact) mass is 376 g/mol. The van der Waals surface area contributed by atoms with Crippen LogP contribution in [0.15, 0.2) is 42.5 Å². The van der Waals surface area contributed by atoms with Crippen LogP contribution < -0.4 is 0 Å². The zero-order valence-electron chi connectivity index (χ0n) is 18.3. The first-order chi connectivity index (χ1) is 13.8. The molecule has 1 aromatic rings. The molecule has 0 nitrogen and oxygen atoms in total. The zero-order valence-corrected chi connectivity index (χ0v) is 18.3. The summed E-state index contributed by atoms with van der Waals surface area (Å²) in [5.74, 6) is 8.07. The molecule has 0 aromatic heterocycles. The first-order valence-corrected chi connectivity index (χ1v) is 11.7. The van der Waals surface area contributed by atoms with Crippen LogP contribution in [0.4, 0.5) is 0 Å². The number of benzene rings is 1. The summed E-state index contributed by atoms with van der Waals surface area (Å²) < 4.78 is 0. The molecule has 0 atom stereocenters. The quantitative estimate of drug-likeness (QED) is 0.284. The Hall–Kier alpha value is -1.74. The summed E-state index contributed by atoms with van der Waals surface area (Å²) in [5, 5.41) is 0. The molecular weight excluding hydrogens is 336 g/mol. The number of aryl methyl sites for hydroxylation is 1. The fraction of sp³-hybridized carbons (Fsp3) is 0.571. The van der Waals surface area contributed by atoms with Crippen molar-refractivity contribution in [1.29, 1.82) is 0 Å². The summed E-state index contributed by atoms with van der Waals surface area (Å²) in [6.07, 6.45) is 25.0. The number of hydrogen-bond acceptors (Lipinski definition) is 0. The lowest BCUT2D eigenvalue weighted by atomic mass is 9.79. The van der Waals surface area contributed by atoms with E-state index in [0.717, 1.165) is 18.3 Å². The van der Waals surface area contributed by atoms with Crippen LogP contribution in [-0.2, 0) is 6.42 Å². The summed E-state index contributed by atoms with van der Waals surface area (Å²) in [5.41, 5.74) is 2.64. The average molecular weight is 377 g/mol. The van der Waals surface area contributed by atoms with E-state index in [-0.39, 0.29) is 0 Å². The predicted molar refractivity (Wildman–Crippen MR) is 125 cm³/mol. The van der Waals surface area contributed by atoms with E-state index in [1.807, 2.05) is 6.08 Å². The Balaban J connectivity index is 1.62. The normalized spacial score (nSPS) is 19.8. The standard InChI is InChI=1S/C28H40/c1-3-5-6-7-10-14-27-21-23-28(24-22-27)16-12-9-8-11-15-26-19-17-25(13-4-2)18-20-26/h11-12,15-20,27-28H,3-7,10,13-14,21-24H2,1-2H3/t27-,28-. The third kappa shape index (κ3) is 9.45. The lowest BCUT2D eigenvalue weighted by Crippen LogP contribution is -2.12. The van der Waals surface area contributed by atoms with E-state index in [0.29, 0.717) is 0 Å². The van der Waals surface area contributed by atoms with Gasteiger partial charge in [-0.3, -0.25) is 0 Å². The van der Waals surface area contributed by atoms with Gasteiger partial charge in [0.1, 0.15) is 0 Å². The fourth-order valence-corrected chi connectivity index (χ4v) is 4.21. The van der Waals surface area contributed by atoms with E-state index in [1.165, 1.54) is 81.8 Å². The van der Waals surface area contributed by atoms with Crippen LogP contribution in [0.2, 0.25) is 0 Å². The molecule has 0 unspecified atom stereocenters. The Morgan fingerprint density at radius 3 is 2.25 bits per heavy atom. The average Bonchev–Trinajstić information content (AvgIpc) is 2.73. The Morgan fingerprint density at radius 1 is 0.821 bits per heavy atom. The van der Waals surface area contributed by atoms with E-state index in [9.17, 15) is 0 Å². The minimum atomic E-state index is 0.751. The third-order valence-electron chi connectivity index (χ3n) is 6.02. The molecule has 0 saturated heterocycles. The third-order valence-corrected chi connectivity index (χ3v) is 6.02. The van der Waals surface area contributed by atoms with Gasteiger partial charge in [0, 0.05) is 0 Å². The second kappa shape index (κ2) is 14.3. The van der Waals surface area contributed by atoms with Gasteiger partial charge in [-0.15, -0.1) is 0 Å². The van der Waals surface area contributed by atoms with E-state index in [4.69, 9.17) is 0 Å². The van der Waals surface area contributed by atoms with Gasteiger partial charge in [-0.2, -0.15) is 0 Å². The molecule has 1 fully saturated rings. The molecule has 0 heteroatoms. The van der Waals surface area contributed by atoms with Crippen molar-refractivity contribution >= 4 is 6.08 Å². The van der Waals surface area contributed by atoms with Crippen molar-refractivity contribution < 1.29 is 0 Å². The van der Waals surface area contributed by atoms with Crippen LogP contribution in [0.5, 0.6) is 0 Å². The summed E-state index contributed by atoms with van der Waals surface area (Å²) >= 11 is 0. The second-order valence-corrected chi connectivity index (χ2v) is 8.46. The van der Waals surface area contributed by atoms with Crippen molar-refractivity contribution in [2.24, 2.45) is 11.8 Å². The Labute approximate surface area is 174 Å². The van der Waals surface area contributed by atoms with Crippen LogP contribution in [-0.4, -0.2) is 0 Å². The highest BCUT2D eigenvalue weighted by Crippen LogP contribution is 2.32. The molecule has 2 rings (SSSR count). The molecule has 1 aliphatic rings. The Morgan fingerprint density at radius 2 is 1.54 bits per heavy atom. The number of unbranched alkanes of at least 4 members (excludes halogenated alkanes) is 4. The second-order valence-electron chi connectivity index (χ2n) is 8.46. The zero-order chi connectivity index (χ0) is 19.9. The Kier molecular flexibility index (Phi) is 11.5. The predicted octanol–water partition coefficient (Wildman–Crippen LogP) is 8.38. The molecule has 152 valence electrons. The molecule has 1 saturated carbocycles. The highest BCUT2D eigenvalue weighted by molar-refractivity contribution is 5.53. The van der Waals surface area contributed by atoms with Crippen molar-refractivity contribution in [2.75, 3.05) is 0 Å². The van der Waals surface area contributed by atoms with Crippen LogP contribution in [0, 0.1) is 23.7 Å². The summed E-state index contributed by atoms with van der Waals surface area (Å²) in [7, 11) is 0. The molecule has 0 amide bonds. The topological polar surface area (TPSA) is 0 Å². The van der Waals surface area contributed by atoms with Gasteiger partial charge in [0.25, 0.3) is 0 Å². The first-order valence-electron chi connectivity index (χ1n) is 11.7. The highest BCUT2D eigenvalue weighted by Gasteiger charge is 2.18. The van der Waals surface area contributed by atoms with Gasteiger partial charge in [-0.05, 0) is 73.3 Å². The number of rotatable bonds is 10. The van der Waals surface area contributed by atoms with Crippen molar-refractivity contribution in [3.05, 3.63) is 53.6 Å². The van der Waals surface area contributed by atoms with Crippen LogP contribution in [0.25, 0.3) is 6.08 Å². The molecule has 0 aliphatic heterocycles. The molecule has 0 bridgehead atoms. The molecule has 0 N–H and O–H groups in total. The van der Waals surface area contributed by atoms with Crippen molar-refractivity contribution in [1.82, 2.24) is 0 Å². The summed E-state index contributed by atoms with van der Waals surface area (Å²) in [6.45, 7) is 4.51. The van der Waals surface area contributed by atoms with Gasteiger partial charge in [-0.1, -0.05) is 101 Å². The SMILES string of the molecule is CCCCCCC[C@H]1CC[C@H](C=CC#CC=Cc2ccc(CCC)cc2)CC1. The van der Waals surface area contributed by atoms with Gasteiger partial charge < -0.3 is 0 Å². The van der Waals surface area contributed by atoms with E-state index < -0.39 is 0 Å². The van der Waals surface area contributed by atoms with E-state index >= 15 is 0 Å². The molecule has 1 aromatic carbocycles. The number of hydrogen-bond donors (Lipinski definition) is 0. The van der Waals surface area contributed by atoms with Gasteiger partial charge in [-0.25, -0.2) is 0 Å². The first kappa shape index (κ1) is 22.5. The maximum atomic E-state index is 3.18. The minimum Gasteiger partial charge on any atom is -0.0730 e. The maximum absolute atomic E-state index is 3.18. The molecule has 0 spiro atoms. The summed E-state index contributed by atoms with van der Waals surface area (Å²) in [6, 6.07) is 8.80. The van der Waals surface area contributed by atoms with E-state index in [2.05, 4.69) is 68.2 Å². The Bertz CT molecular complexity index is 627. The van der Waals surface area contributed by atoms with Crippen LogP contribution in [0.1, 0.15) is 95.6 Å². The fourth-order valence-electron chi connectivity index (χ4n) is 4.21. The molecule has 28 heavy (non-hydrogen) atoms. The molecule has 0 heterocycles. The highest BCUT2D eigenvalue weighted by atomic mass is 14.2. The minimum absolute atomic E-state index is 0.751. The van der Waals surface area contributed by atoms with Gasteiger partial charge in [0.05, 0.1) is 0 Å². The maximum Gasteiger partial charge on any atom is -0.0109 e. The molecule has 0 radical (unpaired) electrons. The summed E-state index contributed by atoms with van der Waals surface area (Å²) in [4.78, 5) is 0. The van der Waals surface area contributed by atoms with Crippen LogP contribution in [0.3, 0.4) is 0 Å². The van der Waals surface area contributed by atoms with Gasteiger partial charge in [0.15, 0.2) is 0 Å². The van der Waals surface area contributed by atoms with Gasteiger partial charge in [0.2, 0.25) is 0 Å². The van der Waals surface area contributed by atoms with Crippen LogP contribution >= 0.6 is 0 Å². The molecular formula is C28H40. The largest absolute Gasteiger partial charge is 0.0730 e. The lowest BCUT2D eigenvalue weighted by molar-refractivity contribution is 0.288. The lowest BCUT2D eigenvalue weighted by Gasteiger charge is -2.26. The smallest absolute Gasteiger partial charge is 0.0109 e. The molecule has 1 aliphatic carbocycles. The number of allylic oxidation sites excluding steroid dienone is 3. The van der Waals surface area contributed by atoms with Crippen molar-refractivity contribution in [3.8, 4) is 11.8 Å². The van der Waals surface area contributed by atoms with E-state index in [1.54, 1.807) is 0 Å². The van der Waals surface area contributed by atoms with Crippen molar-refractivity contribution in [2.45, 2.75) is 90.9 Å². The van der Waals surface area contributed by atoms with Gasteiger partial charge >= 0.3 is 0 Å². The van der Waals surface area contributed by atoms with Crippen molar-refractivity contribution in [3.63, 3.8) is 0 Å².